The number of ether oxygens (including phenoxy) is 4. The van der Waals surface area contributed by atoms with Crippen molar-refractivity contribution in [3.63, 3.8) is 0 Å². The maximum Gasteiger partial charge on any atom is 0.397 e. The molecule has 0 amide bonds. The lowest BCUT2D eigenvalue weighted by Crippen LogP contribution is -2.53. The standard InChI is InChI=1S/C17H30O13S2/c1-3-26-15(21)13(16(22)27-4-2)17-28-6-10(30-32(23,24)25)11(29-17)8-31-7-9(19)14(20)12(31)5-18/h9-14,17-20,31H,3-8H2,1-2H3,(H,23,24,25)/t9-,10+,11-,12-,14+,17?/m1/s1. The molecule has 0 spiro atoms. The summed E-state index contributed by atoms with van der Waals surface area (Å²) in [5.41, 5.74) is 0. The van der Waals surface area contributed by atoms with Crippen molar-refractivity contribution in [2.75, 3.05) is 37.9 Å². The van der Waals surface area contributed by atoms with Crippen LogP contribution < -0.4 is 0 Å². The van der Waals surface area contributed by atoms with E-state index in [4.69, 9.17) is 23.5 Å². The average molecular weight is 507 g/mol. The monoisotopic (exact) mass is 506 g/mol. The Kier molecular flexibility index (Phi) is 10.1. The number of esters is 2. The van der Waals surface area contributed by atoms with Gasteiger partial charge >= 0.3 is 22.3 Å². The van der Waals surface area contributed by atoms with Crippen LogP contribution in [0.2, 0.25) is 0 Å². The smallest absolute Gasteiger partial charge is 0.397 e. The van der Waals surface area contributed by atoms with Gasteiger partial charge in [0.05, 0.1) is 44.7 Å². The Balaban J connectivity index is 2.26. The third kappa shape index (κ3) is 6.98. The second kappa shape index (κ2) is 11.9. The summed E-state index contributed by atoms with van der Waals surface area (Å²) < 4.78 is 57.1. The van der Waals surface area contributed by atoms with E-state index < -0.39 is 88.3 Å². The third-order valence-electron chi connectivity index (χ3n) is 5.03. The fraction of sp³-hybridized carbons (Fsp3) is 0.882. The van der Waals surface area contributed by atoms with Gasteiger partial charge in [-0.2, -0.15) is 8.42 Å². The highest BCUT2D eigenvalue weighted by Gasteiger charge is 2.48. The SMILES string of the molecule is CCOC(=O)C(C(=O)OCC)C1OC[C@H](OS(=O)(=O)O)[C@@H](C[SH]2C[C@@H](O)[C@H](O)[C@H]2CO)O1. The molecule has 2 rings (SSSR count). The lowest BCUT2D eigenvalue weighted by atomic mass is 10.1. The fourth-order valence-electron chi connectivity index (χ4n) is 3.58. The minimum atomic E-state index is -4.90. The summed E-state index contributed by atoms with van der Waals surface area (Å²) in [6.45, 7) is 2.13. The zero-order chi connectivity index (χ0) is 24.1. The Bertz CT molecular complexity index is 727. The molecule has 0 radical (unpaired) electrons. The molecule has 2 saturated heterocycles. The van der Waals surface area contributed by atoms with Gasteiger partial charge in [-0.3, -0.25) is 14.1 Å². The van der Waals surface area contributed by atoms with Gasteiger partial charge in [-0.05, 0) is 13.8 Å². The van der Waals surface area contributed by atoms with Crippen molar-refractivity contribution in [2.24, 2.45) is 5.92 Å². The summed E-state index contributed by atoms with van der Waals surface area (Å²) in [5.74, 6) is -3.38. The Morgan fingerprint density at radius 1 is 1.16 bits per heavy atom. The first kappa shape index (κ1) is 27.2. The maximum absolute atomic E-state index is 12.4. The zero-order valence-corrected chi connectivity index (χ0v) is 19.3. The first-order valence-corrected chi connectivity index (χ1v) is 13.1. The molecule has 32 heavy (non-hydrogen) atoms. The van der Waals surface area contributed by atoms with Gasteiger partial charge in [0.25, 0.3) is 0 Å². The molecule has 4 N–H and O–H groups in total. The number of carbonyl (C=O) groups is 2. The number of aliphatic hydroxyl groups is 3. The van der Waals surface area contributed by atoms with E-state index in [1.54, 1.807) is 0 Å². The molecule has 0 aromatic heterocycles. The van der Waals surface area contributed by atoms with Crippen LogP contribution in [0.15, 0.2) is 0 Å². The third-order valence-corrected chi connectivity index (χ3v) is 8.60. The van der Waals surface area contributed by atoms with Crippen LogP contribution in [0.1, 0.15) is 13.8 Å². The molecule has 15 heteroatoms. The summed E-state index contributed by atoms with van der Waals surface area (Å²) in [7, 11) is -6.18. The van der Waals surface area contributed by atoms with Gasteiger partial charge < -0.3 is 34.3 Å². The van der Waals surface area contributed by atoms with Crippen molar-refractivity contribution in [1.29, 1.82) is 0 Å². The summed E-state index contributed by atoms with van der Waals surface area (Å²) in [5, 5.41) is 29.0. The van der Waals surface area contributed by atoms with E-state index in [9.17, 15) is 33.3 Å². The summed E-state index contributed by atoms with van der Waals surface area (Å²) >= 11 is 0. The number of rotatable bonds is 10. The van der Waals surface area contributed by atoms with Crippen molar-refractivity contribution < 1.29 is 61.0 Å². The lowest BCUT2D eigenvalue weighted by molar-refractivity contribution is -0.261. The van der Waals surface area contributed by atoms with E-state index in [2.05, 4.69) is 4.18 Å². The Labute approximate surface area is 188 Å². The Morgan fingerprint density at radius 2 is 1.75 bits per heavy atom. The van der Waals surface area contributed by atoms with Crippen LogP contribution in [0.4, 0.5) is 0 Å². The second-order valence-electron chi connectivity index (χ2n) is 7.18. The number of hydrogen-bond acceptors (Lipinski definition) is 12. The van der Waals surface area contributed by atoms with Crippen molar-refractivity contribution in [3.8, 4) is 0 Å². The molecule has 0 saturated carbocycles. The molecular formula is C17H30O13S2. The van der Waals surface area contributed by atoms with Gasteiger partial charge in [-0.15, -0.1) is 0 Å². The summed E-state index contributed by atoms with van der Waals surface area (Å²) in [6, 6.07) is 0. The van der Waals surface area contributed by atoms with Crippen LogP contribution in [0.5, 0.6) is 0 Å². The van der Waals surface area contributed by atoms with Crippen molar-refractivity contribution >= 4 is 33.2 Å². The van der Waals surface area contributed by atoms with Crippen molar-refractivity contribution in [1.82, 2.24) is 0 Å². The number of hydrogen-bond donors (Lipinski definition) is 5. The molecule has 188 valence electrons. The molecule has 2 fully saturated rings. The molecule has 2 aliphatic heterocycles. The molecule has 0 aliphatic carbocycles. The van der Waals surface area contributed by atoms with Gasteiger partial charge in [0.1, 0.15) is 6.10 Å². The Morgan fingerprint density at radius 3 is 2.25 bits per heavy atom. The quantitative estimate of drug-likeness (QED) is 0.0924. The predicted octanol–water partition coefficient (Wildman–Crippen LogP) is -2.24. The van der Waals surface area contributed by atoms with Gasteiger partial charge in [0.15, 0.2) is 6.29 Å². The summed E-state index contributed by atoms with van der Waals surface area (Å²) in [4.78, 5) is 24.7. The van der Waals surface area contributed by atoms with Gasteiger partial charge in [0, 0.05) is 16.8 Å². The highest BCUT2D eigenvalue weighted by Crippen LogP contribution is 2.44. The van der Waals surface area contributed by atoms with E-state index in [0.717, 1.165) is 0 Å². The van der Waals surface area contributed by atoms with Crippen LogP contribution in [0, 0.1) is 5.92 Å². The first-order chi connectivity index (χ1) is 15.0. The Hall–Kier alpha value is -1.04. The van der Waals surface area contributed by atoms with Gasteiger partial charge in [-0.1, -0.05) is 0 Å². The van der Waals surface area contributed by atoms with E-state index in [-0.39, 0.29) is 24.7 Å². The lowest BCUT2D eigenvalue weighted by Gasteiger charge is -2.39. The molecule has 13 nitrogen and oxygen atoms in total. The predicted molar refractivity (Wildman–Crippen MR) is 109 cm³/mol. The zero-order valence-electron chi connectivity index (χ0n) is 17.6. The van der Waals surface area contributed by atoms with E-state index in [0.29, 0.717) is 0 Å². The van der Waals surface area contributed by atoms with Crippen LogP contribution in [-0.2, 0) is 43.1 Å². The molecular weight excluding hydrogens is 476 g/mol. The molecule has 7 atom stereocenters. The topological polar surface area (TPSA) is 195 Å². The molecule has 0 aromatic rings. The summed E-state index contributed by atoms with van der Waals surface area (Å²) in [6.07, 6.45) is -6.22. The number of aliphatic hydroxyl groups excluding tert-OH is 3. The van der Waals surface area contributed by atoms with Gasteiger partial charge in [0.2, 0.25) is 5.92 Å². The van der Waals surface area contributed by atoms with Gasteiger partial charge in [-0.25, -0.2) is 15.1 Å². The molecule has 2 unspecified atom stereocenters. The minimum Gasteiger partial charge on any atom is -0.465 e. The average Bonchev–Trinajstić information content (AvgIpc) is 2.96. The van der Waals surface area contributed by atoms with Crippen molar-refractivity contribution in [2.45, 2.75) is 49.8 Å². The molecule has 2 heterocycles. The highest BCUT2D eigenvalue weighted by molar-refractivity contribution is 8.18. The van der Waals surface area contributed by atoms with Crippen LogP contribution in [-0.4, -0.2) is 114 Å². The molecule has 2 aliphatic rings. The normalized spacial score (nSPS) is 34.4. The number of thiol groups is 1. The highest BCUT2D eigenvalue weighted by atomic mass is 32.3. The van der Waals surface area contributed by atoms with Crippen LogP contribution in [0.3, 0.4) is 0 Å². The molecule has 0 aromatic carbocycles. The molecule has 0 bridgehead atoms. The van der Waals surface area contributed by atoms with E-state index >= 15 is 0 Å². The van der Waals surface area contributed by atoms with Crippen LogP contribution >= 0.6 is 10.9 Å². The minimum absolute atomic E-state index is 0.0209. The van der Waals surface area contributed by atoms with Crippen molar-refractivity contribution in [3.05, 3.63) is 0 Å². The fourth-order valence-corrected chi connectivity index (χ4v) is 7.10. The largest absolute Gasteiger partial charge is 0.465 e. The van der Waals surface area contributed by atoms with E-state index in [1.807, 2.05) is 0 Å². The maximum atomic E-state index is 12.4. The van der Waals surface area contributed by atoms with E-state index in [1.165, 1.54) is 13.8 Å². The first-order valence-electron chi connectivity index (χ1n) is 9.99. The number of carbonyl (C=O) groups excluding carboxylic acids is 2. The van der Waals surface area contributed by atoms with Crippen LogP contribution in [0.25, 0.3) is 0 Å². The second-order valence-corrected chi connectivity index (χ2v) is 10.8.